The third kappa shape index (κ3) is 3.84. The number of benzene rings is 2. The van der Waals surface area contributed by atoms with Gasteiger partial charge in [-0.15, -0.1) is 0 Å². The SMILES string of the molecule is C[N+](C)(C)CCCCCCn1c2ccccc2c2cccc(Br)c21. The Morgan fingerprint density at radius 3 is 2.33 bits per heavy atom. The fourth-order valence-electron chi connectivity index (χ4n) is 3.51. The van der Waals surface area contributed by atoms with Crippen LogP contribution in [-0.4, -0.2) is 36.7 Å². The first-order chi connectivity index (χ1) is 11.5. The quantitative estimate of drug-likeness (QED) is 0.355. The summed E-state index contributed by atoms with van der Waals surface area (Å²) in [7, 11) is 6.82. The van der Waals surface area contributed by atoms with Gasteiger partial charge in [-0.3, -0.25) is 0 Å². The van der Waals surface area contributed by atoms with Gasteiger partial charge in [0.1, 0.15) is 0 Å². The predicted octanol–water partition coefficient (Wildman–Crippen LogP) is 5.82. The summed E-state index contributed by atoms with van der Waals surface area (Å²) in [4.78, 5) is 0. The van der Waals surface area contributed by atoms with Crippen molar-refractivity contribution in [3.05, 3.63) is 46.9 Å². The van der Waals surface area contributed by atoms with E-state index in [0.717, 1.165) is 11.0 Å². The molecule has 128 valence electrons. The lowest BCUT2D eigenvalue weighted by Crippen LogP contribution is -2.35. The molecule has 3 aromatic rings. The Kier molecular flexibility index (Phi) is 5.31. The van der Waals surface area contributed by atoms with Crippen molar-refractivity contribution in [2.24, 2.45) is 0 Å². The number of halogens is 1. The van der Waals surface area contributed by atoms with Crippen molar-refractivity contribution in [2.45, 2.75) is 32.2 Å². The van der Waals surface area contributed by atoms with E-state index in [-0.39, 0.29) is 0 Å². The van der Waals surface area contributed by atoms with Gasteiger partial charge >= 0.3 is 0 Å². The van der Waals surface area contributed by atoms with Crippen molar-refractivity contribution in [1.29, 1.82) is 0 Å². The van der Waals surface area contributed by atoms with E-state index in [1.54, 1.807) is 0 Å². The minimum Gasteiger partial charge on any atom is -0.340 e. The first kappa shape index (κ1) is 17.5. The van der Waals surface area contributed by atoms with E-state index in [0.29, 0.717) is 0 Å². The zero-order valence-electron chi connectivity index (χ0n) is 15.1. The fourth-order valence-corrected chi connectivity index (χ4v) is 4.09. The highest BCUT2D eigenvalue weighted by Gasteiger charge is 2.12. The monoisotopic (exact) mass is 387 g/mol. The van der Waals surface area contributed by atoms with Crippen LogP contribution in [-0.2, 0) is 6.54 Å². The zero-order valence-corrected chi connectivity index (χ0v) is 16.6. The maximum Gasteiger partial charge on any atom is 0.0780 e. The van der Waals surface area contributed by atoms with Crippen molar-refractivity contribution in [1.82, 2.24) is 4.57 Å². The Bertz CT molecular complexity index is 827. The molecule has 0 atom stereocenters. The number of para-hydroxylation sites is 2. The highest BCUT2D eigenvalue weighted by Crippen LogP contribution is 2.33. The Morgan fingerprint density at radius 1 is 0.833 bits per heavy atom. The normalized spacial score (nSPS) is 12.3. The molecule has 0 amide bonds. The largest absolute Gasteiger partial charge is 0.340 e. The smallest absolute Gasteiger partial charge is 0.0780 e. The topological polar surface area (TPSA) is 4.93 Å². The average molecular weight is 388 g/mol. The molecule has 0 radical (unpaired) electrons. The molecular weight excluding hydrogens is 360 g/mol. The van der Waals surface area contributed by atoms with Crippen molar-refractivity contribution >= 4 is 37.7 Å². The fraction of sp³-hybridized carbons (Fsp3) is 0.429. The highest BCUT2D eigenvalue weighted by molar-refractivity contribution is 9.10. The van der Waals surface area contributed by atoms with E-state index in [9.17, 15) is 0 Å². The van der Waals surface area contributed by atoms with Gasteiger partial charge in [-0.25, -0.2) is 0 Å². The number of hydrogen-bond acceptors (Lipinski definition) is 0. The van der Waals surface area contributed by atoms with Crippen LogP contribution in [0.25, 0.3) is 21.8 Å². The highest BCUT2D eigenvalue weighted by atomic mass is 79.9. The second-order valence-electron chi connectivity index (χ2n) is 7.73. The van der Waals surface area contributed by atoms with E-state index < -0.39 is 0 Å². The van der Waals surface area contributed by atoms with Crippen molar-refractivity contribution < 1.29 is 4.48 Å². The van der Waals surface area contributed by atoms with E-state index in [2.05, 4.69) is 84.1 Å². The maximum atomic E-state index is 3.76. The van der Waals surface area contributed by atoms with Gasteiger partial charge in [0.05, 0.1) is 33.2 Å². The van der Waals surface area contributed by atoms with Gasteiger partial charge in [0.2, 0.25) is 0 Å². The third-order valence-corrected chi connectivity index (χ3v) is 5.34. The van der Waals surface area contributed by atoms with Gasteiger partial charge in [0.15, 0.2) is 0 Å². The van der Waals surface area contributed by atoms with Crippen LogP contribution in [0, 0.1) is 0 Å². The molecule has 0 unspecified atom stereocenters. The molecule has 24 heavy (non-hydrogen) atoms. The van der Waals surface area contributed by atoms with Crippen LogP contribution < -0.4 is 0 Å². The van der Waals surface area contributed by atoms with Crippen LogP contribution in [0.4, 0.5) is 0 Å². The molecule has 0 bridgehead atoms. The number of fused-ring (bicyclic) bond motifs is 3. The summed E-state index contributed by atoms with van der Waals surface area (Å²) in [5.41, 5.74) is 2.69. The van der Waals surface area contributed by atoms with Crippen LogP contribution >= 0.6 is 15.9 Å². The van der Waals surface area contributed by atoms with Crippen LogP contribution in [0.1, 0.15) is 25.7 Å². The molecule has 2 aromatic carbocycles. The molecule has 0 fully saturated rings. The first-order valence-corrected chi connectivity index (χ1v) is 9.72. The minimum atomic E-state index is 1.07. The zero-order chi connectivity index (χ0) is 17.2. The molecule has 0 spiro atoms. The molecule has 1 aromatic heterocycles. The van der Waals surface area contributed by atoms with Crippen molar-refractivity contribution in [3.63, 3.8) is 0 Å². The number of nitrogens with zero attached hydrogens (tertiary/aromatic N) is 2. The molecular formula is C21H28BrN2+. The van der Waals surface area contributed by atoms with Gasteiger partial charge < -0.3 is 9.05 Å². The third-order valence-electron chi connectivity index (χ3n) is 4.70. The summed E-state index contributed by atoms with van der Waals surface area (Å²) < 4.78 is 4.76. The maximum absolute atomic E-state index is 3.76. The molecule has 1 heterocycles. The number of hydrogen-bond donors (Lipinski definition) is 0. The summed E-state index contributed by atoms with van der Waals surface area (Å²) in [6, 6.07) is 15.3. The van der Waals surface area contributed by atoms with E-state index in [4.69, 9.17) is 0 Å². The molecule has 0 aliphatic heterocycles. The lowest BCUT2D eigenvalue weighted by Gasteiger charge is -2.23. The number of unbranched alkanes of at least 4 members (excludes halogenated alkanes) is 3. The summed E-state index contributed by atoms with van der Waals surface area (Å²) in [5, 5.41) is 2.71. The standard InChI is InChI=1S/C21H28BrN2/c1-24(2,3)16-9-5-4-8-15-23-20-14-7-6-11-17(20)18-12-10-13-19(22)21(18)23/h6-7,10-14H,4-5,8-9,15-16H2,1-3H3/q+1. The van der Waals surface area contributed by atoms with Crippen LogP contribution in [0.5, 0.6) is 0 Å². The summed E-state index contributed by atoms with van der Waals surface area (Å²) >= 11 is 3.76. The Hall–Kier alpha value is -1.32. The Labute approximate surface area is 153 Å². The van der Waals surface area contributed by atoms with Crippen LogP contribution in [0.15, 0.2) is 46.9 Å². The molecule has 3 rings (SSSR count). The van der Waals surface area contributed by atoms with Gasteiger partial charge in [-0.2, -0.15) is 0 Å². The number of quaternary nitrogens is 1. The lowest BCUT2D eigenvalue weighted by atomic mass is 10.2. The molecule has 0 N–H and O–H groups in total. The molecule has 0 saturated heterocycles. The first-order valence-electron chi connectivity index (χ1n) is 8.93. The number of aryl methyl sites for hydroxylation is 1. The van der Waals surface area contributed by atoms with Crippen LogP contribution in [0.2, 0.25) is 0 Å². The molecule has 2 nitrogen and oxygen atoms in total. The van der Waals surface area contributed by atoms with Gasteiger partial charge in [-0.1, -0.05) is 36.8 Å². The van der Waals surface area contributed by atoms with Gasteiger partial charge in [0.25, 0.3) is 0 Å². The van der Waals surface area contributed by atoms with E-state index in [1.165, 1.54) is 58.5 Å². The van der Waals surface area contributed by atoms with Gasteiger partial charge in [-0.05, 0) is 47.3 Å². The van der Waals surface area contributed by atoms with E-state index >= 15 is 0 Å². The van der Waals surface area contributed by atoms with E-state index in [1.807, 2.05) is 0 Å². The number of aromatic nitrogens is 1. The van der Waals surface area contributed by atoms with Crippen molar-refractivity contribution in [2.75, 3.05) is 27.7 Å². The molecule has 0 aliphatic rings. The molecule has 0 aliphatic carbocycles. The summed E-state index contributed by atoms with van der Waals surface area (Å²) in [6.07, 6.45) is 5.19. The minimum absolute atomic E-state index is 1.07. The summed E-state index contributed by atoms with van der Waals surface area (Å²) in [6.45, 7) is 2.36. The second kappa shape index (κ2) is 7.28. The van der Waals surface area contributed by atoms with Crippen molar-refractivity contribution in [3.8, 4) is 0 Å². The molecule has 0 saturated carbocycles. The number of rotatable bonds is 7. The molecule has 3 heteroatoms. The second-order valence-corrected chi connectivity index (χ2v) is 8.59. The Morgan fingerprint density at radius 2 is 1.54 bits per heavy atom. The average Bonchev–Trinajstić information content (AvgIpc) is 2.85. The Balaban J connectivity index is 1.74. The predicted molar refractivity (Wildman–Crippen MR) is 109 cm³/mol. The lowest BCUT2D eigenvalue weighted by molar-refractivity contribution is -0.870. The van der Waals surface area contributed by atoms with Crippen LogP contribution in [0.3, 0.4) is 0 Å². The summed E-state index contributed by atoms with van der Waals surface area (Å²) in [5.74, 6) is 0. The van der Waals surface area contributed by atoms with Gasteiger partial charge in [0, 0.05) is 27.3 Å².